The van der Waals surface area contributed by atoms with E-state index < -0.39 is 24.5 Å². The fourth-order valence-electron chi connectivity index (χ4n) is 3.98. The fourth-order valence-corrected chi connectivity index (χ4v) is 3.98. The van der Waals surface area contributed by atoms with Gasteiger partial charge in [-0.25, -0.2) is 0 Å². The van der Waals surface area contributed by atoms with E-state index in [0.717, 1.165) is 23.4 Å². The minimum absolute atomic E-state index is 0.301. The molecule has 1 aromatic heterocycles. The van der Waals surface area contributed by atoms with Gasteiger partial charge in [0.2, 0.25) is 11.8 Å². The Bertz CT molecular complexity index is 807. The number of likely N-dealkylation sites (tertiary alicyclic amines) is 1. The van der Waals surface area contributed by atoms with Crippen LogP contribution in [-0.2, 0) is 31.0 Å². The number of rotatable bonds is 5. The lowest BCUT2D eigenvalue weighted by atomic mass is 9.81. The number of imide groups is 1. The Morgan fingerprint density at radius 2 is 1.75 bits per heavy atom. The first-order valence-electron chi connectivity index (χ1n) is 9.56. The molecule has 1 saturated heterocycles. The number of hydrogen-bond donors (Lipinski definition) is 1. The van der Waals surface area contributed by atoms with Gasteiger partial charge in [-0.15, -0.1) is 0 Å². The zero-order valence-corrected chi connectivity index (χ0v) is 16.7. The van der Waals surface area contributed by atoms with E-state index in [1.807, 2.05) is 6.92 Å². The number of hydrogen-bond acceptors (Lipinski definition) is 6. The van der Waals surface area contributed by atoms with E-state index in [1.165, 1.54) is 6.92 Å². The van der Waals surface area contributed by atoms with Crippen molar-refractivity contribution in [2.75, 3.05) is 11.9 Å². The summed E-state index contributed by atoms with van der Waals surface area (Å²) in [7, 11) is 1.77. The Labute approximate surface area is 163 Å². The number of nitrogens with zero attached hydrogens (tertiary/aromatic N) is 3. The van der Waals surface area contributed by atoms with Crippen molar-refractivity contribution in [3.05, 3.63) is 11.4 Å². The quantitative estimate of drug-likeness (QED) is 0.595. The molecule has 0 bridgehead atoms. The van der Waals surface area contributed by atoms with Gasteiger partial charge in [0.1, 0.15) is 6.54 Å². The predicted molar refractivity (Wildman–Crippen MR) is 99.0 cm³/mol. The number of amides is 3. The molecule has 3 amide bonds. The topological polar surface area (TPSA) is 111 Å². The Morgan fingerprint density at radius 3 is 2.25 bits per heavy atom. The van der Waals surface area contributed by atoms with Crippen LogP contribution in [0.25, 0.3) is 0 Å². The maximum Gasteiger partial charge on any atom is 0.326 e. The molecular formula is C19H26N4O5. The smallest absolute Gasteiger partial charge is 0.326 e. The summed E-state index contributed by atoms with van der Waals surface area (Å²) in [5.41, 5.74) is 2.01. The molecule has 3 atom stereocenters. The van der Waals surface area contributed by atoms with Crippen molar-refractivity contribution >= 4 is 29.4 Å². The number of ether oxygens (including phenoxy) is 1. The third-order valence-corrected chi connectivity index (χ3v) is 5.65. The van der Waals surface area contributed by atoms with Gasteiger partial charge in [-0.3, -0.25) is 28.8 Å². The van der Waals surface area contributed by atoms with Gasteiger partial charge in [-0.05, 0) is 33.6 Å². The highest BCUT2D eigenvalue weighted by molar-refractivity contribution is 6.07. The number of esters is 1. The van der Waals surface area contributed by atoms with Crippen molar-refractivity contribution in [1.29, 1.82) is 0 Å². The van der Waals surface area contributed by atoms with Crippen LogP contribution in [-0.4, -0.2) is 51.0 Å². The van der Waals surface area contributed by atoms with Crippen LogP contribution in [0.5, 0.6) is 0 Å². The summed E-state index contributed by atoms with van der Waals surface area (Å²) < 4.78 is 6.80. The van der Waals surface area contributed by atoms with E-state index in [-0.39, 0.29) is 23.7 Å². The van der Waals surface area contributed by atoms with E-state index in [0.29, 0.717) is 24.2 Å². The van der Waals surface area contributed by atoms with Crippen molar-refractivity contribution in [3.63, 3.8) is 0 Å². The van der Waals surface area contributed by atoms with E-state index >= 15 is 0 Å². The lowest BCUT2D eigenvalue weighted by molar-refractivity contribution is -0.158. The highest BCUT2D eigenvalue weighted by Gasteiger charge is 2.48. The predicted octanol–water partition coefficient (Wildman–Crippen LogP) is 1.08. The number of nitrogens with one attached hydrogen (secondary N) is 1. The zero-order chi connectivity index (χ0) is 20.6. The second-order valence-electron chi connectivity index (χ2n) is 7.55. The molecular weight excluding hydrogens is 364 g/mol. The average molecular weight is 390 g/mol. The van der Waals surface area contributed by atoms with Crippen molar-refractivity contribution in [2.45, 2.75) is 52.6 Å². The highest BCUT2D eigenvalue weighted by Crippen LogP contribution is 2.37. The molecule has 0 aromatic carbocycles. The third kappa shape index (κ3) is 3.65. The van der Waals surface area contributed by atoms with Crippen molar-refractivity contribution < 1.29 is 23.9 Å². The molecule has 3 rings (SSSR count). The minimum atomic E-state index is -1.07. The summed E-state index contributed by atoms with van der Waals surface area (Å²) in [6.45, 7) is 4.58. The molecule has 2 heterocycles. The molecule has 28 heavy (non-hydrogen) atoms. The zero-order valence-electron chi connectivity index (χ0n) is 16.7. The SMILES string of the molecule is Cc1nn(C)c(C)c1NC(=O)[C@H](C)OC(=O)CN1C(=O)[C@H]2CCCC[C@@H]2C1=O. The largest absolute Gasteiger partial charge is 0.451 e. The number of fused-ring (bicyclic) bond motifs is 1. The first-order valence-corrected chi connectivity index (χ1v) is 9.56. The van der Waals surface area contributed by atoms with Crippen LogP contribution < -0.4 is 5.32 Å². The summed E-state index contributed by atoms with van der Waals surface area (Å²) in [5, 5.41) is 6.93. The van der Waals surface area contributed by atoms with Crippen molar-refractivity contribution in [1.82, 2.24) is 14.7 Å². The lowest BCUT2D eigenvalue weighted by Crippen LogP contribution is -2.39. The molecule has 152 valence electrons. The van der Waals surface area contributed by atoms with Crippen LogP contribution in [0.2, 0.25) is 0 Å². The van der Waals surface area contributed by atoms with Gasteiger partial charge < -0.3 is 10.1 Å². The number of aromatic nitrogens is 2. The van der Waals surface area contributed by atoms with Crippen molar-refractivity contribution in [2.24, 2.45) is 18.9 Å². The Balaban J connectivity index is 1.57. The first-order chi connectivity index (χ1) is 13.2. The standard InChI is InChI=1S/C19H26N4O5/c1-10-16(11(2)22(4)21-10)20-17(25)12(3)28-15(24)9-23-18(26)13-7-5-6-8-14(13)19(23)27/h12-14H,5-9H2,1-4H3,(H,20,25)/t12-,13-,14-/m0/s1. The maximum absolute atomic E-state index is 12.4. The van der Waals surface area contributed by atoms with E-state index in [4.69, 9.17) is 4.74 Å². The molecule has 1 aromatic rings. The van der Waals surface area contributed by atoms with Crippen LogP contribution >= 0.6 is 0 Å². The summed E-state index contributed by atoms with van der Waals surface area (Å²) in [4.78, 5) is 50.5. The van der Waals surface area contributed by atoms with Gasteiger partial charge in [0.25, 0.3) is 5.91 Å². The molecule has 1 aliphatic carbocycles. The maximum atomic E-state index is 12.4. The monoisotopic (exact) mass is 390 g/mol. The van der Waals surface area contributed by atoms with Crippen LogP contribution in [0.15, 0.2) is 0 Å². The summed E-state index contributed by atoms with van der Waals surface area (Å²) in [6, 6.07) is 0. The van der Waals surface area contributed by atoms with E-state index in [2.05, 4.69) is 10.4 Å². The molecule has 9 heteroatoms. The van der Waals surface area contributed by atoms with Gasteiger partial charge in [0.15, 0.2) is 6.10 Å². The lowest BCUT2D eigenvalue weighted by Gasteiger charge is -2.19. The fraction of sp³-hybridized carbons (Fsp3) is 0.632. The summed E-state index contributed by atoms with van der Waals surface area (Å²) in [5.74, 6) is -2.50. The second-order valence-corrected chi connectivity index (χ2v) is 7.55. The molecule has 0 spiro atoms. The summed E-state index contributed by atoms with van der Waals surface area (Å²) >= 11 is 0. The average Bonchev–Trinajstić information content (AvgIpc) is 3.04. The van der Waals surface area contributed by atoms with Gasteiger partial charge in [-0.1, -0.05) is 12.8 Å². The molecule has 1 N–H and O–H groups in total. The molecule has 0 unspecified atom stereocenters. The van der Waals surface area contributed by atoms with E-state index in [1.54, 1.807) is 18.7 Å². The number of carbonyl (C=O) groups excluding carboxylic acids is 4. The number of carbonyl (C=O) groups is 4. The molecule has 1 saturated carbocycles. The number of aryl methyl sites for hydroxylation is 2. The van der Waals surface area contributed by atoms with Crippen LogP contribution in [0.1, 0.15) is 44.0 Å². The minimum Gasteiger partial charge on any atom is -0.451 e. The Morgan fingerprint density at radius 1 is 1.18 bits per heavy atom. The number of anilines is 1. The molecule has 1 aliphatic heterocycles. The second kappa shape index (κ2) is 7.73. The molecule has 0 radical (unpaired) electrons. The third-order valence-electron chi connectivity index (χ3n) is 5.65. The Kier molecular flexibility index (Phi) is 5.53. The molecule has 2 aliphatic rings. The van der Waals surface area contributed by atoms with Crippen LogP contribution in [0.4, 0.5) is 5.69 Å². The van der Waals surface area contributed by atoms with Crippen LogP contribution in [0, 0.1) is 25.7 Å². The normalized spacial score (nSPS) is 22.8. The first kappa shape index (κ1) is 20.0. The van der Waals surface area contributed by atoms with Gasteiger partial charge in [0, 0.05) is 7.05 Å². The molecule has 2 fully saturated rings. The summed E-state index contributed by atoms with van der Waals surface area (Å²) in [6.07, 6.45) is 2.14. The van der Waals surface area contributed by atoms with E-state index in [9.17, 15) is 19.2 Å². The van der Waals surface area contributed by atoms with Crippen LogP contribution in [0.3, 0.4) is 0 Å². The van der Waals surface area contributed by atoms with Gasteiger partial charge in [0.05, 0.1) is 28.9 Å². The van der Waals surface area contributed by atoms with Gasteiger partial charge in [-0.2, -0.15) is 5.10 Å². The Hall–Kier alpha value is -2.71. The highest BCUT2D eigenvalue weighted by atomic mass is 16.5. The van der Waals surface area contributed by atoms with Crippen molar-refractivity contribution in [3.8, 4) is 0 Å². The molecule has 9 nitrogen and oxygen atoms in total. The van der Waals surface area contributed by atoms with Gasteiger partial charge >= 0.3 is 5.97 Å².